The van der Waals surface area contributed by atoms with E-state index in [4.69, 9.17) is 46.4 Å². The van der Waals surface area contributed by atoms with Crippen molar-refractivity contribution in [2.75, 3.05) is 0 Å². The van der Waals surface area contributed by atoms with Crippen molar-refractivity contribution in [3.63, 3.8) is 0 Å². The summed E-state index contributed by atoms with van der Waals surface area (Å²) in [4.78, 5) is 0. The molecule has 0 amide bonds. The fraction of sp³-hybridized carbons (Fsp3) is 0.200. The lowest BCUT2D eigenvalue weighted by molar-refractivity contribution is 0.228. The van der Waals surface area contributed by atoms with Crippen LogP contribution in [0.4, 0.5) is 0 Å². The second kappa shape index (κ2) is 5.42. The van der Waals surface area contributed by atoms with E-state index in [0.29, 0.717) is 5.02 Å². The van der Waals surface area contributed by atoms with Gasteiger partial charge in [0.15, 0.2) is 0 Å². The molecular formula is C10H8Cl4O. The molecule has 1 nitrogen and oxygen atoms in total. The van der Waals surface area contributed by atoms with Gasteiger partial charge in [0.1, 0.15) is 6.10 Å². The molecule has 0 aliphatic rings. The first kappa shape index (κ1) is 13.1. The number of hydrogen-bond acceptors (Lipinski definition) is 1. The molecule has 0 saturated carbocycles. The van der Waals surface area contributed by atoms with Gasteiger partial charge in [-0.1, -0.05) is 70.7 Å². The summed E-state index contributed by atoms with van der Waals surface area (Å²) in [5, 5.41) is 10.0. The lowest BCUT2D eigenvalue weighted by atomic mass is 10.2. The van der Waals surface area contributed by atoms with Gasteiger partial charge in [-0.3, -0.25) is 0 Å². The molecule has 0 radical (unpaired) electrons. The zero-order chi connectivity index (χ0) is 11.5. The van der Waals surface area contributed by atoms with Crippen LogP contribution in [0.5, 0.6) is 0 Å². The van der Waals surface area contributed by atoms with Crippen molar-refractivity contribution < 1.29 is 5.11 Å². The van der Waals surface area contributed by atoms with Gasteiger partial charge in [0.05, 0.1) is 0 Å². The fourth-order valence-corrected chi connectivity index (χ4v) is 1.23. The average molecular weight is 286 g/mol. The molecule has 1 atom stereocenters. The Hall–Kier alpha value is 0.0800. The van der Waals surface area contributed by atoms with Crippen LogP contribution in [0.15, 0.2) is 30.3 Å². The van der Waals surface area contributed by atoms with E-state index >= 15 is 0 Å². The van der Waals surface area contributed by atoms with Crippen LogP contribution < -0.4 is 0 Å². The van der Waals surface area contributed by atoms with Crippen LogP contribution in [0.25, 0.3) is 6.08 Å². The molecule has 0 spiro atoms. The van der Waals surface area contributed by atoms with Crippen LogP contribution >= 0.6 is 46.4 Å². The minimum atomic E-state index is -1.71. The molecule has 15 heavy (non-hydrogen) atoms. The molecule has 0 aliphatic carbocycles. The van der Waals surface area contributed by atoms with Gasteiger partial charge in [0, 0.05) is 5.02 Å². The molecule has 1 rings (SSSR count). The smallest absolute Gasteiger partial charge is 0.219 e. The molecule has 5 heteroatoms. The van der Waals surface area contributed by atoms with Gasteiger partial charge >= 0.3 is 0 Å². The van der Waals surface area contributed by atoms with Gasteiger partial charge in [-0.2, -0.15) is 0 Å². The molecule has 0 aliphatic heterocycles. The zero-order valence-electron chi connectivity index (χ0n) is 7.50. The summed E-state index contributed by atoms with van der Waals surface area (Å²) in [7, 11) is 0. The van der Waals surface area contributed by atoms with Crippen molar-refractivity contribution in [3.05, 3.63) is 40.9 Å². The first-order valence-corrected chi connectivity index (χ1v) is 5.59. The third-order valence-corrected chi connectivity index (χ3v) is 2.60. The van der Waals surface area contributed by atoms with Gasteiger partial charge in [-0.15, -0.1) is 0 Å². The monoisotopic (exact) mass is 284 g/mol. The van der Waals surface area contributed by atoms with Crippen LogP contribution in [-0.4, -0.2) is 15.0 Å². The van der Waals surface area contributed by atoms with Crippen molar-refractivity contribution in [2.24, 2.45) is 0 Å². The molecular weight excluding hydrogens is 278 g/mol. The number of hydrogen-bond donors (Lipinski definition) is 1. The van der Waals surface area contributed by atoms with E-state index in [9.17, 15) is 5.11 Å². The van der Waals surface area contributed by atoms with Gasteiger partial charge in [-0.25, -0.2) is 0 Å². The van der Waals surface area contributed by atoms with Gasteiger partial charge in [-0.05, 0) is 17.7 Å². The van der Waals surface area contributed by atoms with E-state index in [2.05, 4.69) is 0 Å². The molecule has 0 bridgehead atoms. The Morgan fingerprint density at radius 3 is 2.13 bits per heavy atom. The number of rotatable bonds is 2. The maximum atomic E-state index is 9.39. The first-order valence-electron chi connectivity index (χ1n) is 4.08. The molecule has 82 valence electrons. The highest BCUT2D eigenvalue weighted by Gasteiger charge is 2.28. The van der Waals surface area contributed by atoms with E-state index in [0.717, 1.165) is 5.56 Å². The summed E-state index contributed by atoms with van der Waals surface area (Å²) in [5.41, 5.74) is 0.868. The second-order valence-corrected chi connectivity index (χ2v) is 5.70. The summed E-state index contributed by atoms with van der Waals surface area (Å²) in [5.74, 6) is 0. The minimum absolute atomic E-state index is 0.647. The lowest BCUT2D eigenvalue weighted by Crippen LogP contribution is -2.22. The Labute approximate surface area is 108 Å². The Kier molecular flexibility index (Phi) is 4.75. The Morgan fingerprint density at radius 1 is 1.13 bits per heavy atom. The highest BCUT2D eigenvalue weighted by molar-refractivity contribution is 6.68. The summed E-state index contributed by atoms with van der Waals surface area (Å²) in [6.45, 7) is 0. The third kappa shape index (κ3) is 4.62. The van der Waals surface area contributed by atoms with E-state index < -0.39 is 9.90 Å². The number of alkyl halides is 3. The fourth-order valence-electron chi connectivity index (χ4n) is 0.885. The largest absolute Gasteiger partial charge is 0.385 e. The van der Waals surface area contributed by atoms with E-state index in [1.807, 2.05) is 0 Å². The quantitative estimate of drug-likeness (QED) is 0.812. The Morgan fingerprint density at radius 2 is 1.67 bits per heavy atom. The van der Waals surface area contributed by atoms with Crippen LogP contribution in [0.3, 0.4) is 0 Å². The van der Waals surface area contributed by atoms with Crippen molar-refractivity contribution >= 4 is 52.5 Å². The predicted molar refractivity (Wildman–Crippen MR) is 66.8 cm³/mol. The topological polar surface area (TPSA) is 20.2 Å². The zero-order valence-corrected chi connectivity index (χ0v) is 10.5. The highest BCUT2D eigenvalue weighted by Crippen LogP contribution is 2.31. The number of halogens is 4. The third-order valence-electron chi connectivity index (χ3n) is 1.68. The summed E-state index contributed by atoms with van der Waals surface area (Å²) in [6.07, 6.45) is 1.93. The van der Waals surface area contributed by atoms with Crippen molar-refractivity contribution in [2.45, 2.75) is 9.90 Å². The normalized spacial score (nSPS) is 14.5. The molecule has 1 N–H and O–H groups in total. The van der Waals surface area contributed by atoms with Crippen LogP contribution in [-0.2, 0) is 0 Å². The standard InChI is InChI=1S/C10H8Cl4O/c11-8-4-1-7(2-5-8)3-6-9(15)10(12,13)14/h1-6,9,15H/b6-3+. The van der Waals surface area contributed by atoms with Gasteiger partial charge < -0.3 is 5.11 Å². The van der Waals surface area contributed by atoms with Crippen LogP contribution in [0, 0.1) is 0 Å². The minimum Gasteiger partial charge on any atom is -0.385 e. The molecule has 1 unspecified atom stereocenters. The second-order valence-electron chi connectivity index (χ2n) is 2.90. The van der Waals surface area contributed by atoms with Crippen molar-refractivity contribution in [1.82, 2.24) is 0 Å². The van der Waals surface area contributed by atoms with E-state index in [1.165, 1.54) is 6.08 Å². The van der Waals surface area contributed by atoms with E-state index in [-0.39, 0.29) is 0 Å². The number of aliphatic hydroxyl groups is 1. The number of aliphatic hydroxyl groups excluding tert-OH is 1. The first-order chi connectivity index (χ1) is 6.89. The van der Waals surface area contributed by atoms with Crippen LogP contribution in [0.2, 0.25) is 5.02 Å². The molecule has 0 fully saturated rings. The SMILES string of the molecule is OC(/C=C/c1ccc(Cl)cc1)C(Cl)(Cl)Cl. The average Bonchev–Trinajstić information content (AvgIpc) is 2.15. The molecule has 1 aromatic carbocycles. The van der Waals surface area contributed by atoms with Crippen molar-refractivity contribution in [3.8, 4) is 0 Å². The van der Waals surface area contributed by atoms with Gasteiger partial charge in [0.2, 0.25) is 3.79 Å². The van der Waals surface area contributed by atoms with Crippen molar-refractivity contribution in [1.29, 1.82) is 0 Å². The van der Waals surface area contributed by atoms with Crippen LogP contribution in [0.1, 0.15) is 5.56 Å². The van der Waals surface area contributed by atoms with E-state index in [1.54, 1.807) is 30.3 Å². The molecule has 1 aromatic rings. The summed E-state index contributed by atoms with van der Waals surface area (Å²) < 4.78 is -1.71. The predicted octanol–water partition coefficient (Wildman–Crippen LogP) is 4.08. The maximum absolute atomic E-state index is 9.39. The highest BCUT2D eigenvalue weighted by atomic mass is 35.6. The maximum Gasteiger partial charge on any atom is 0.219 e. The number of benzene rings is 1. The molecule has 0 heterocycles. The molecule has 0 aromatic heterocycles. The Balaban J connectivity index is 2.70. The van der Waals surface area contributed by atoms with Gasteiger partial charge in [0.25, 0.3) is 0 Å². The Bertz CT molecular complexity index is 339. The lowest BCUT2D eigenvalue weighted by Gasteiger charge is -2.14. The molecule has 0 saturated heterocycles. The summed E-state index contributed by atoms with van der Waals surface area (Å²) in [6, 6.07) is 7.07. The summed E-state index contributed by atoms with van der Waals surface area (Å²) >= 11 is 22.2.